The molecule has 5 heteroatoms. The van der Waals surface area contributed by atoms with Gasteiger partial charge < -0.3 is 10.1 Å². The van der Waals surface area contributed by atoms with Gasteiger partial charge >= 0.3 is 0 Å². The summed E-state index contributed by atoms with van der Waals surface area (Å²) in [5.74, 6) is 0.341. The fourth-order valence-corrected chi connectivity index (χ4v) is 3.95. The lowest BCUT2D eigenvalue weighted by atomic mass is 10.1. The maximum Gasteiger partial charge on any atom is 0.153 e. The zero-order valence-electron chi connectivity index (χ0n) is 10.9. The molecule has 0 radical (unpaired) electrons. The maximum absolute atomic E-state index is 12.0. The molecule has 1 aliphatic heterocycles. The Morgan fingerprint density at radius 2 is 1.94 bits per heavy atom. The normalized spacial score (nSPS) is 20.4. The van der Waals surface area contributed by atoms with Crippen molar-refractivity contribution in [1.82, 2.24) is 5.32 Å². The van der Waals surface area contributed by atoms with E-state index >= 15 is 0 Å². The standard InChI is InChI=1S/C12H25NO3S/c1-11(13-2)5-3-4-10-17(14,15)12-6-8-16-9-7-12/h11-13H,3-10H2,1-2H3. The Morgan fingerprint density at radius 1 is 1.29 bits per heavy atom. The monoisotopic (exact) mass is 263 g/mol. The predicted octanol–water partition coefficient (Wildman–Crippen LogP) is 1.36. The number of ether oxygens (including phenoxy) is 1. The highest BCUT2D eigenvalue weighted by Crippen LogP contribution is 2.18. The number of unbranched alkanes of at least 4 members (excludes halogenated alkanes) is 1. The van der Waals surface area contributed by atoms with Crippen molar-refractivity contribution in [2.75, 3.05) is 26.0 Å². The van der Waals surface area contributed by atoms with Crippen molar-refractivity contribution in [3.8, 4) is 0 Å². The van der Waals surface area contributed by atoms with E-state index in [0.29, 0.717) is 37.9 Å². The van der Waals surface area contributed by atoms with Crippen molar-refractivity contribution in [2.24, 2.45) is 0 Å². The van der Waals surface area contributed by atoms with Gasteiger partial charge in [-0.1, -0.05) is 6.42 Å². The molecule has 1 heterocycles. The minimum Gasteiger partial charge on any atom is -0.381 e. The summed E-state index contributed by atoms with van der Waals surface area (Å²) >= 11 is 0. The molecule has 1 saturated heterocycles. The van der Waals surface area contributed by atoms with E-state index in [0.717, 1.165) is 19.3 Å². The summed E-state index contributed by atoms with van der Waals surface area (Å²) < 4.78 is 29.3. The number of hydrogen-bond donors (Lipinski definition) is 1. The van der Waals surface area contributed by atoms with E-state index in [-0.39, 0.29) is 5.25 Å². The van der Waals surface area contributed by atoms with Gasteiger partial charge in [-0.2, -0.15) is 0 Å². The second-order valence-electron chi connectivity index (χ2n) is 4.86. The molecule has 1 unspecified atom stereocenters. The second-order valence-corrected chi connectivity index (χ2v) is 7.26. The SMILES string of the molecule is CNC(C)CCCCS(=O)(=O)C1CCOCC1. The highest BCUT2D eigenvalue weighted by Gasteiger charge is 2.26. The summed E-state index contributed by atoms with van der Waals surface area (Å²) in [6.45, 7) is 3.31. The van der Waals surface area contributed by atoms with Gasteiger partial charge in [-0.05, 0) is 39.7 Å². The fourth-order valence-electron chi connectivity index (χ4n) is 2.10. The average Bonchev–Trinajstić information content (AvgIpc) is 2.35. The Bertz CT molecular complexity index is 297. The number of hydrogen-bond acceptors (Lipinski definition) is 4. The van der Waals surface area contributed by atoms with E-state index in [1.807, 2.05) is 7.05 Å². The summed E-state index contributed by atoms with van der Waals surface area (Å²) in [6, 6.07) is 0.473. The van der Waals surface area contributed by atoms with E-state index < -0.39 is 9.84 Å². The van der Waals surface area contributed by atoms with Gasteiger partial charge in [0.1, 0.15) is 0 Å². The molecule has 1 aliphatic rings. The molecular weight excluding hydrogens is 238 g/mol. The minimum atomic E-state index is -2.89. The maximum atomic E-state index is 12.0. The molecule has 0 aromatic heterocycles. The molecule has 0 aromatic carbocycles. The summed E-state index contributed by atoms with van der Waals surface area (Å²) in [4.78, 5) is 0. The zero-order chi connectivity index (χ0) is 12.7. The van der Waals surface area contributed by atoms with Gasteiger partial charge in [-0.15, -0.1) is 0 Å². The lowest BCUT2D eigenvalue weighted by Crippen LogP contribution is -2.30. The second kappa shape index (κ2) is 7.34. The van der Waals surface area contributed by atoms with E-state index in [9.17, 15) is 8.42 Å². The minimum absolute atomic E-state index is 0.155. The van der Waals surface area contributed by atoms with Crippen molar-refractivity contribution in [2.45, 2.75) is 50.3 Å². The van der Waals surface area contributed by atoms with Crippen LogP contribution in [0.1, 0.15) is 39.0 Å². The molecule has 1 N–H and O–H groups in total. The molecule has 17 heavy (non-hydrogen) atoms. The highest BCUT2D eigenvalue weighted by molar-refractivity contribution is 7.92. The van der Waals surface area contributed by atoms with Crippen LogP contribution in [0, 0.1) is 0 Å². The van der Waals surface area contributed by atoms with Gasteiger partial charge in [-0.25, -0.2) is 8.42 Å². The van der Waals surface area contributed by atoms with Crippen LogP contribution in [0.25, 0.3) is 0 Å². The van der Waals surface area contributed by atoms with Gasteiger partial charge in [0.2, 0.25) is 0 Å². The summed E-state index contributed by atoms with van der Waals surface area (Å²) in [5, 5.41) is 3.01. The van der Waals surface area contributed by atoms with E-state index in [1.54, 1.807) is 0 Å². The van der Waals surface area contributed by atoms with Crippen molar-refractivity contribution < 1.29 is 13.2 Å². The van der Waals surface area contributed by atoms with Crippen LogP contribution in [0.5, 0.6) is 0 Å². The lowest BCUT2D eigenvalue weighted by molar-refractivity contribution is 0.0983. The topological polar surface area (TPSA) is 55.4 Å². The Morgan fingerprint density at radius 3 is 2.53 bits per heavy atom. The summed E-state index contributed by atoms with van der Waals surface area (Å²) in [6.07, 6.45) is 4.15. The molecule has 0 amide bonds. The highest BCUT2D eigenvalue weighted by atomic mass is 32.2. The predicted molar refractivity (Wildman–Crippen MR) is 70.0 cm³/mol. The first kappa shape index (κ1) is 14.9. The molecule has 102 valence electrons. The molecule has 0 spiro atoms. The Kier molecular flexibility index (Phi) is 6.44. The number of rotatable bonds is 7. The van der Waals surface area contributed by atoms with Crippen LogP contribution in [0.3, 0.4) is 0 Å². The van der Waals surface area contributed by atoms with Crippen LogP contribution in [-0.4, -0.2) is 45.7 Å². The van der Waals surface area contributed by atoms with Crippen LogP contribution in [0.2, 0.25) is 0 Å². The molecule has 0 bridgehead atoms. The molecule has 1 atom stereocenters. The van der Waals surface area contributed by atoms with E-state index in [4.69, 9.17) is 4.74 Å². The van der Waals surface area contributed by atoms with Crippen LogP contribution >= 0.6 is 0 Å². The van der Waals surface area contributed by atoms with Crippen LogP contribution < -0.4 is 5.32 Å². The largest absolute Gasteiger partial charge is 0.381 e. The molecule has 1 fully saturated rings. The van der Waals surface area contributed by atoms with Crippen molar-refractivity contribution in [3.05, 3.63) is 0 Å². The van der Waals surface area contributed by atoms with Crippen LogP contribution in [0.4, 0.5) is 0 Å². The lowest BCUT2D eigenvalue weighted by Gasteiger charge is -2.22. The van der Waals surface area contributed by atoms with Gasteiger partial charge in [0.25, 0.3) is 0 Å². The number of nitrogens with one attached hydrogen (secondary N) is 1. The third kappa shape index (κ3) is 5.36. The number of sulfone groups is 1. The van der Waals surface area contributed by atoms with Gasteiger partial charge in [0, 0.05) is 19.3 Å². The first-order valence-corrected chi connectivity index (χ1v) is 8.24. The first-order chi connectivity index (χ1) is 8.06. The van der Waals surface area contributed by atoms with Gasteiger partial charge in [0.15, 0.2) is 9.84 Å². The molecule has 0 aliphatic carbocycles. The summed E-state index contributed by atoms with van der Waals surface area (Å²) in [7, 11) is -0.954. The van der Waals surface area contributed by atoms with Crippen molar-refractivity contribution >= 4 is 9.84 Å². The third-order valence-electron chi connectivity index (χ3n) is 3.48. The fraction of sp³-hybridized carbons (Fsp3) is 1.00. The van der Waals surface area contributed by atoms with Crippen LogP contribution in [-0.2, 0) is 14.6 Å². The zero-order valence-corrected chi connectivity index (χ0v) is 11.8. The Balaban J connectivity index is 2.24. The molecule has 0 saturated carbocycles. The van der Waals surface area contributed by atoms with Crippen LogP contribution in [0.15, 0.2) is 0 Å². The Labute approximate surface area is 105 Å². The summed E-state index contributed by atoms with van der Waals surface area (Å²) in [5.41, 5.74) is 0. The third-order valence-corrected chi connectivity index (χ3v) is 5.83. The van der Waals surface area contributed by atoms with Gasteiger partial charge in [-0.3, -0.25) is 0 Å². The van der Waals surface area contributed by atoms with E-state index in [1.165, 1.54) is 0 Å². The molecule has 0 aromatic rings. The quantitative estimate of drug-likeness (QED) is 0.705. The Hall–Kier alpha value is -0.130. The molecule has 1 rings (SSSR count). The van der Waals surface area contributed by atoms with Gasteiger partial charge in [0.05, 0.1) is 11.0 Å². The smallest absolute Gasteiger partial charge is 0.153 e. The molecular formula is C12H25NO3S. The van der Waals surface area contributed by atoms with E-state index in [2.05, 4.69) is 12.2 Å². The average molecular weight is 263 g/mol. The van der Waals surface area contributed by atoms with Crippen molar-refractivity contribution in [3.63, 3.8) is 0 Å². The molecule has 4 nitrogen and oxygen atoms in total. The van der Waals surface area contributed by atoms with Crippen molar-refractivity contribution in [1.29, 1.82) is 0 Å². The first-order valence-electron chi connectivity index (χ1n) is 6.53.